The lowest BCUT2D eigenvalue weighted by atomic mass is 10.3. The van der Waals surface area contributed by atoms with Crippen molar-refractivity contribution in [2.45, 2.75) is 24.8 Å². The summed E-state index contributed by atoms with van der Waals surface area (Å²) in [6.45, 7) is 4.75. The van der Waals surface area contributed by atoms with E-state index in [2.05, 4.69) is 5.32 Å². The van der Waals surface area contributed by atoms with E-state index < -0.39 is 15.8 Å². The van der Waals surface area contributed by atoms with E-state index in [1.807, 2.05) is 13.8 Å². The van der Waals surface area contributed by atoms with E-state index in [0.29, 0.717) is 13.1 Å². The van der Waals surface area contributed by atoms with Crippen molar-refractivity contribution in [1.29, 1.82) is 0 Å². The summed E-state index contributed by atoms with van der Waals surface area (Å²) >= 11 is 0. The van der Waals surface area contributed by atoms with E-state index in [1.165, 1.54) is 22.5 Å². The number of carbonyl (C=O) groups is 1. The zero-order valence-corrected chi connectivity index (χ0v) is 13.4. The summed E-state index contributed by atoms with van der Waals surface area (Å²) in [6.07, 6.45) is 0. The van der Waals surface area contributed by atoms with E-state index in [9.17, 15) is 17.6 Å². The summed E-state index contributed by atoms with van der Waals surface area (Å²) in [5.74, 6) is -0.587. The van der Waals surface area contributed by atoms with Crippen LogP contribution in [-0.4, -0.2) is 55.9 Å². The van der Waals surface area contributed by atoms with Crippen molar-refractivity contribution in [3.63, 3.8) is 0 Å². The van der Waals surface area contributed by atoms with E-state index in [4.69, 9.17) is 0 Å². The molecule has 0 atom stereocenters. The number of amides is 2. The van der Waals surface area contributed by atoms with Crippen molar-refractivity contribution in [2.24, 2.45) is 0 Å². The Labute approximate surface area is 130 Å². The molecule has 0 aromatic heterocycles. The van der Waals surface area contributed by atoms with Crippen molar-refractivity contribution in [1.82, 2.24) is 14.5 Å². The quantitative estimate of drug-likeness (QED) is 0.907. The monoisotopic (exact) mass is 329 g/mol. The number of hydrogen-bond acceptors (Lipinski definition) is 3. The number of piperazine rings is 1. The molecule has 1 saturated heterocycles. The molecule has 1 heterocycles. The van der Waals surface area contributed by atoms with Crippen LogP contribution in [0.25, 0.3) is 0 Å². The number of hydrogen-bond donors (Lipinski definition) is 1. The van der Waals surface area contributed by atoms with Crippen LogP contribution in [-0.2, 0) is 10.0 Å². The molecule has 1 aliphatic heterocycles. The second-order valence-electron chi connectivity index (χ2n) is 5.45. The van der Waals surface area contributed by atoms with Gasteiger partial charge in [0.15, 0.2) is 0 Å². The normalized spacial score (nSPS) is 16.8. The van der Waals surface area contributed by atoms with Crippen LogP contribution in [0, 0.1) is 5.82 Å². The Kier molecular flexibility index (Phi) is 5.02. The maximum absolute atomic E-state index is 13.2. The molecule has 0 spiro atoms. The highest BCUT2D eigenvalue weighted by atomic mass is 32.2. The van der Waals surface area contributed by atoms with Crippen LogP contribution in [0.5, 0.6) is 0 Å². The Hall–Kier alpha value is -1.67. The number of urea groups is 1. The fourth-order valence-electron chi connectivity index (χ4n) is 2.25. The summed E-state index contributed by atoms with van der Waals surface area (Å²) in [5, 5.41) is 2.77. The van der Waals surface area contributed by atoms with Gasteiger partial charge in [0.05, 0.1) is 4.90 Å². The zero-order chi connectivity index (χ0) is 16.3. The zero-order valence-electron chi connectivity index (χ0n) is 12.6. The molecule has 1 aliphatic rings. The van der Waals surface area contributed by atoms with Gasteiger partial charge in [-0.1, -0.05) is 6.07 Å². The average Bonchev–Trinajstić information content (AvgIpc) is 2.46. The lowest BCUT2D eigenvalue weighted by Crippen LogP contribution is -2.53. The lowest BCUT2D eigenvalue weighted by Gasteiger charge is -2.34. The fraction of sp³-hybridized carbons (Fsp3) is 0.500. The van der Waals surface area contributed by atoms with Gasteiger partial charge in [-0.15, -0.1) is 0 Å². The number of benzene rings is 1. The highest BCUT2D eigenvalue weighted by Gasteiger charge is 2.30. The number of nitrogens with zero attached hydrogens (tertiary/aromatic N) is 2. The highest BCUT2D eigenvalue weighted by Crippen LogP contribution is 2.18. The Morgan fingerprint density at radius 1 is 1.23 bits per heavy atom. The fourth-order valence-corrected chi connectivity index (χ4v) is 3.70. The minimum Gasteiger partial charge on any atom is -0.336 e. The van der Waals surface area contributed by atoms with Gasteiger partial charge in [0.25, 0.3) is 0 Å². The summed E-state index contributed by atoms with van der Waals surface area (Å²) in [4.78, 5) is 13.4. The van der Waals surface area contributed by atoms with Gasteiger partial charge in [-0.05, 0) is 32.0 Å². The van der Waals surface area contributed by atoms with Gasteiger partial charge in [-0.2, -0.15) is 4.31 Å². The first-order chi connectivity index (χ1) is 10.3. The Morgan fingerprint density at radius 3 is 2.41 bits per heavy atom. The van der Waals surface area contributed by atoms with Crippen LogP contribution in [0.4, 0.5) is 9.18 Å². The first-order valence-electron chi connectivity index (χ1n) is 7.12. The second kappa shape index (κ2) is 6.62. The molecule has 1 fully saturated rings. The maximum Gasteiger partial charge on any atom is 0.317 e. The molecule has 1 aromatic carbocycles. The summed E-state index contributed by atoms with van der Waals surface area (Å²) in [7, 11) is -3.72. The molecule has 0 unspecified atom stereocenters. The Bertz CT molecular complexity index is 640. The van der Waals surface area contributed by atoms with Crippen molar-refractivity contribution in [3.8, 4) is 0 Å². The van der Waals surface area contributed by atoms with Crippen LogP contribution in [0.3, 0.4) is 0 Å². The van der Waals surface area contributed by atoms with Gasteiger partial charge in [0, 0.05) is 32.2 Å². The predicted molar refractivity (Wildman–Crippen MR) is 80.4 cm³/mol. The molecular weight excluding hydrogens is 309 g/mol. The minimum atomic E-state index is -3.72. The first kappa shape index (κ1) is 16.7. The highest BCUT2D eigenvalue weighted by molar-refractivity contribution is 7.89. The number of carbonyl (C=O) groups excluding carboxylic acids is 1. The van der Waals surface area contributed by atoms with Crippen molar-refractivity contribution >= 4 is 16.1 Å². The van der Waals surface area contributed by atoms with Crippen molar-refractivity contribution in [3.05, 3.63) is 30.1 Å². The molecule has 8 heteroatoms. The van der Waals surface area contributed by atoms with Gasteiger partial charge in [-0.25, -0.2) is 17.6 Å². The number of halogens is 1. The number of sulfonamides is 1. The SMILES string of the molecule is CC(C)NC(=O)N1CCN(S(=O)(=O)c2cccc(F)c2)CC1. The van der Waals surface area contributed by atoms with Gasteiger partial charge < -0.3 is 10.2 Å². The smallest absolute Gasteiger partial charge is 0.317 e. The third-order valence-corrected chi connectivity index (χ3v) is 5.27. The lowest BCUT2D eigenvalue weighted by molar-refractivity contribution is 0.170. The summed E-state index contributed by atoms with van der Waals surface area (Å²) in [5.41, 5.74) is 0. The molecule has 1 N–H and O–H groups in total. The Morgan fingerprint density at radius 2 is 1.86 bits per heavy atom. The van der Waals surface area contributed by atoms with Crippen molar-refractivity contribution in [2.75, 3.05) is 26.2 Å². The molecule has 0 saturated carbocycles. The van der Waals surface area contributed by atoms with Gasteiger partial charge in [-0.3, -0.25) is 0 Å². The third kappa shape index (κ3) is 3.75. The van der Waals surface area contributed by atoms with Crippen LogP contribution in [0.15, 0.2) is 29.2 Å². The molecule has 0 bridgehead atoms. The molecule has 6 nitrogen and oxygen atoms in total. The maximum atomic E-state index is 13.2. The van der Waals surface area contributed by atoms with Crippen molar-refractivity contribution < 1.29 is 17.6 Å². The molecule has 1 aromatic rings. The average molecular weight is 329 g/mol. The van der Waals surface area contributed by atoms with E-state index >= 15 is 0 Å². The second-order valence-corrected chi connectivity index (χ2v) is 7.39. The largest absolute Gasteiger partial charge is 0.336 e. The molecule has 2 rings (SSSR count). The van der Waals surface area contributed by atoms with Crippen LogP contribution < -0.4 is 5.32 Å². The standard InChI is InChI=1S/C14H20FN3O3S/c1-11(2)16-14(19)17-6-8-18(9-7-17)22(20,21)13-5-3-4-12(15)10-13/h3-5,10-11H,6-9H2,1-2H3,(H,16,19). The topological polar surface area (TPSA) is 69.7 Å². The van der Waals surface area contributed by atoms with E-state index in [-0.39, 0.29) is 30.1 Å². The van der Waals surface area contributed by atoms with Crippen LogP contribution in [0.2, 0.25) is 0 Å². The molecule has 122 valence electrons. The molecule has 22 heavy (non-hydrogen) atoms. The number of nitrogens with one attached hydrogen (secondary N) is 1. The summed E-state index contributed by atoms with van der Waals surface area (Å²) in [6, 6.07) is 4.78. The number of rotatable bonds is 3. The van der Waals surface area contributed by atoms with Gasteiger partial charge >= 0.3 is 6.03 Å². The molecular formula is C14H20FN3O3S. The van der Waals surface area contributed by atoms with Crippen LogP contribution in [0.1, 0.15) is 13.8 Å². The minimum absolute atomic E-state index is 0.0292. The first-order valence-corrected chi connectivity index (χ1v) is 8.56. The van der Waals surface area contributed by atoms with Gasteiger partial charge in [0.1, 0.15) is 5.82 Å². The van der Waals surface area contributed by atoms with Crippen LogP contribution >= 0.6 is 0 Å². The molecule has 0 radical (unpaired) electrons. The van der Waals surface area contributed by atoms with Gasteiger partial charge in [0.2, 0.25) is 10.0 Å². The predicted octanol–water partition coefficient (Wildman–Crippen LogP) is 1.25. The molecule has 2 amide bonds. The third-order valence-electron chi connectivity index (χ3n) is 3.37. The Balaban J connectivity index is 2.03. The summed E-state index contributed by atoms with van der Waals surface area (Å²) < 4.78 is 39.4. The van der Waals surface area contributed by atoms with E-state index in [1.54, 1.807) is 4.90 Å². The molecule has 0 aliphatic carbocycles. The van der Waals surface area contributed by atoms with E-state index in [0.717, 1.165) is 6.07 Å².